The summed E-state index contributed by atoms with van der Waals surface area (Å²) in [6.07, 6.45) is 2.76. The molecule has 1 aliphatic heterocycles. The van der Waals surface area contributed by atoms with E-state index in [0.717, 1.165) is 11.4 Å². The molecule has 6 heteroatoms. The summed E-state index contributed by atoms with van der Waals surface area (Å²) in [5.74, 6) is -1.03. The summed E-state index contributed by atoms with van der Waals surface area (Å²) >= 11 is 0. The van der Waals surface area contributed by atoms with Gasteiger partial charge in [0.15, 0.2) is 0 Å². The minimum atomic E-state index is -0.756. The summed E-state index contributed by atoms with van der Waals surface area (Å²) in [4.78, 5) is 28.9. The van der Waals surface area contributed by atoms with Crippen LogP contribution in [0.1, 0.15) is 24.2 Å². The van der Waals surface area contributed by atoms with Crippen LogP contribution in [-0.4, -0.2) is 44.5 Å². The Hall–Kier alpha value is -1.85. The van der Waals surface area contributed by atoms with Gasteiger partial charge in [0, 0.05) is 18.8 Å². The number of rotatable bonds is 3. The van der Waals surface area contributed by atoms with Gasteiger partial charge in [0.2, 0.25) is 5.91 Å². The van der Waals surface area contributed by atoms with Gasteiger partial charge in [-0.25, -0.2) is 4.98 Å². The van der Waals surface area contributed by atoms with Crippen molar-refractivity contribution < 1.29 is 14.7 Å². The number of piperidine rings is 1. The smallest absolute Gasteiger partial charge is 0.306 e. The third-order valence-electron chi connectivity index (χ3n) is 3.85. The summed E-state index contributed by atoms with van der Waals surface area (Å²) in [6, 6.07) is 0. The number of likely N-dealkylation sites (tertiary alicyclic amines) is 1. The highest BCUT2D eigenvalue weighted by Crippen LogP contribution is 2.17. The molecule has 2 heterocycles. The summed E-state index contributed by atoms with van der Waals surface area (Å²) in [6.45, 7) is 5.19. The maximum atomic E-state index is 12.1. The molecule has 19 heavy (non-hydrogen) atoms. The highest BCUT2D eigenvalue weighted by Gasteiger charge is 2.27. The van der Waals surface area contributed by atoms with Crippen molar-refractivity contribution in [3.8, 4) is 0 Å². The first-order chi connectivity index (χ1) is 8.99. The van der Waals surface area contributed by atoms with Crippen LogP contribution >= 0.6 is 0 Å². The van der Waals surface area contributed by atoms with E-state index in [2.05, 4.69) is 4.98 Å². The lowest BCUT2D eigenvalue weighted by molar-refractivity contribution is -0.145. The molecule has 6 nitrogen and oxygen atoms in total. The van der Waals surface area contributed by atoms with E-state index in [4.69, 9.17) is 5.11 Å². The van der Waals surface area contributed by atoms with Crippen molar-refractivity contribution in [3.05, 3.63) is 17.7 Å². The fourth-order valence-corrected chi connectivity index (χ4v) is 2.33. The Kier molecular flexibility index (Phi) is 3.87. The van der Waals surface area contributed by atoms with Crippen LogP contribution in [0.15, 0.2) is 6.33 Å². The largest absolute Gasteiger partial charge is 0.481 e. The number of hydrogen-bond donors (Lipinski definition) is 1. The van der Waals surface area contributed by atoms with E-state index in [9.17, 15) is 9.59 Å². The molecule has 2 rings (SSSR count). The monoisotopic (exact) mass is 265 g/mol. The predicted molar refractivity (Wildman–Crippen MR) is 68.6 cm³/mol. The molecule has 1 aromatic heterocycles. The van der Waals surface area contributed by atoms with Gasteiger partial charge in [-0.3, -0.25) is 9.59 Å². The summed E-state index contributed by atoms with van der Waals surface area (Å²) < 4.78 is 1.83. The van der Waals surface area contributed by atoms with Crippen LogP contribution in [0.5, 0.6) is 0 Å². The molecule has 0 radical (unpaired) electrons. The fourth-order valence-electron chi connectivity index (χ4n) is 2.33. The molecular weight excluding hydrogens is 246 g/mol. The van der Waals surface area contributed by atoms with Gasteiger partial charge in [0.05, 0.1) is 17.9 Å². The highest BCUT2D eigenvalue weighted by atomic mass is 16.4. The Morgan fingerprint density at radius 3 is 2.47 bits per heavy atom. The molecule has 0 bridgehead atoms. The second kappa shape index (κ2) is 5.42. The average Bonchev–Trinajstić information content (AvgIpc) is 2.71. The van der Waals surface area contributed by atoms with Gasteiger partial charge in [0.25, 0.3) is 0 Å². The van der Waals surface area contributed by atoms with Crippen LogP contribution in [-0.2, 0) is 16.1 Å². The van der Waals surface area contributed by atoms with Crippen molar-refractivity contribution in [1.82, 2.24) is 14.5 Å². The standard InChI is InChI=1S/C13H19N3O3/c1-9-10(2)16(8-14-9)7-12(17)15-5-3-11(4-6-15)13(18)19/h8,11H,3-7H2,1-2H3,(H,18,19). The second-order valence-corrected chi connectivity index (χ2v) is 5.04. The highest BCUT2D eigenvalue weighted by molar-refractivity contribution is 5.77. The molecule has 1 aromatic rings. The molecule has 0 atom stereocenters. The van der Waals surface area contributed by atoms with E-state index in [1.807, 2.05) is 18.4 Å². The molecule has 1 aliphatic rings. The molecule has 0 aromatic carbocycles. The Morgan fingerprint density at radius 2 is 2.00 bits per heavy atom. The van der Waals surface area contributed by atoms with Gasteiger partial charge in [-0.15, -0.1) is 0 Å². The van der Waals surface area contributed by atoms with Crippen molar-refractivity contribution in [3.63, 3.8) is 0 Å². The van der Waals surface area contributed by atoms with Gasteiger partial charge >= 0.3 is 5.97 Å². The first kappa shape index (κ1) is 13.6. The first-order valence-corrected chi connectivity index (χ1v) is 6.48. The first-order valence-electron chi connectivity index (χ1n) is 6.48. The zero-order valence-corrected chi connectivity index (χ0v) is 11.3. The molecule has 1 amide bonds. The van der Waals surface area contributed by atoms with E-state index in [0.29, 0.717) is 25.9 Å². The summed E-state index contributed by atoms with van der Waals surface area (Å²) in [5, 5.41) is 8.92. The molecule has 0 aliphatic carbocycles. The van der Waals surface area contributed by atoms with Gasteiger partial charge in [-0.2, -0.15) is 0 Å². The molecular formula is C13H19N3O3. The molecule has 104 valence electrons. The SMILES string of the molecule is Cc1ncn(CC(=O)N2CCC(C(=O)O)CC2)c1C. The Balaban J connectivity index is 1.91. The van der Waals surface area contributed by atoms with Crippen LogP contribution in [0.3, 0.4) is 0 Å². The molecule has 0 spiro atoms. The number of carbonyl (C=O) groups is 2. The van der Waals surface area contributed by atoms with Crippen LogP contribution in [0, 0.1) is 19.8 Å². The zero-order chi connectivity index (χ0) is 14.0. The molecule has 1 fully saturated rings. The van der Waals surface area contributed by atoms with Gasteiger partial charge in [-0.1, -0.05) is 0 Å². The Bertz CT molecular complexity index is 487. The number of aromatic nitrogens is 2. The fraction of sp³-hybridized carbons (Fsp3) is 0.615. The van der Waals surface area contributed by atoms with Gasteiger partial charge < -0.3 is 14.6 Å². The van der Waals surface area contributed by atoms with Crippen LogP contribution in [0.4, 0.5) is 0 Å². The third-order valence-corrected chi connectivity index (χ3v) is 3.85. The zero-order valence-electron chi connectivity index (χ0n) is 11.3. The molecule has 0 unspecified atom stereocenters. The van der Waals surface area contributed by atoms with E-state index < -0.39 is 5.97 Å². The maximum Gasteiger partial charge on any atom is 0.306 e. The Labute approximate surface area is 112 Å². The lowest BCUT2D eigenvalue weighted by Gasteiger charge is -2.30. The van der Waals surface area contributed by atoms with E-state index in [-0.39, 0.29) is 18.4 Å². The van der Waals surface area contributed by atoms with E-state index >= 15 is 0 Å². The summed E-state index contributed by atoms with van der Waals surface area (Å²) in [7, 11) is 0. The van der Waals surface area contributed by atoms with Crippen molar-refractivity contribution >= 4 is 11.9 Å². The minimum Gasteiger partial charge on any atom is -0.481 e. The van der Waals surface area contributed by atoms with Crippen molar-refractivity contribution in [2.75, 3.05) is 13.1 Å². The number of imidazole rings is 1. The van der Waals surface area contributed by atoms with Gasteiger partial charge in [0.1, 0.15) is 6.54 Å². The number of nitrogens with zero attached hydrogens (tertiary/aromatic N) is 3. The second-order valence-electron chi connectivity index (χ2n) is 5.04. The van der Waals surface area contributed by atoms with Crippen LogP contribution < -0.4 is 0 Å². The molecule has 1 saturated heterocycles. The minimum absolute atomic E-state index is 0.0318. The lowest BCUT2D eigenvalue weighted by atomic mass is 9.97. The summed E-state index contributed by atoms with van der Waals surface area (Å²) in [5.41, 5.74) is 1.92. The number of carbonyl (C=O) groups excluding carboxylic acids is 1. The normalized spacial score (nSPS) is 16.6. The average molecular weight is 265 g/mol. The van der Waals surface area contributed by atoms with E-state index in [1.165, 1.54) is 0 Å². The number of aliphatic carboxylic acids is 1. The topological polar surface area (TPSA) is 75.4 Å². The van der Waals surface area contributed by atoms with E-state index in [1.54, 1.807) is 11.2 Å². The predicted octanol–water partition coefficient (Wildman–Crippen LogP) is 0.823. The third kappa shape index (κ3) is 2.94. The van der Waals surface area contributed by atoms with Gasteiger partial charge in [-0.05, 0) is 26.7 Å². The molecule has 1 N–H and O–H groups in total. The van der Waals surface area contributed by atoms with Crippen LogP contribution in [0.2, 0.25) is 0 Å². The Morgan fingerprint density at radius 1 is 1.37 bits per heavy atom. The molecule has 0 saturated carbocycles. The number of amides is 1. The lowest BCUT2D eigenvalue weighted by Crippen LogP contribution is -2.41. The van der Waals surface area contributed by atoms with Crippen LogP contribution in [0.25, 0.3) is 0 Å². The number of hydrogen-bond acceptors (Lipinski definition) is 3. The number of aryl methyl sites for hydroxylation is 1. The number of carboxylic acids is 1. The maximum absolute atomic E-state index is 12.1. The van der Waals surface area contributed by atoms with Crippen molar-refractivity contribution in [1.29, 1.82) is 0 Å². The van der Waals surface area contributed by atoms with Crippen molar-refractivity contribution in [2.24, 2.45) is 5.92 Å². The van der Waals surface area contributed by atoms with Crippen molar-refractivity contribution in [2.45, 2.75) is 33.2 Å². The quantitative estimate of drug-likeness (QED) is 0.878. The number of carboxylic acid groups (broad SMARTS) is 1.